The van der Waals surface area contributed by atoms with Crippen molar-refractivity contribution in [2.24, 2.45) is 0 Å². The number of pyridine rings is 1. The van der Waals surface area contributed by atoms with E-state index in [1.807, 2.05) is 0 Å². The molecule has 126 valence electrons. The van der Waals surface area contributed by atoms with Crippen LogP contribution in [-0.2, 0) is 9.53 Å². The number of carbonyl (C=O) groups excluding carboxylic acids is 1. The number of nitrogens with zero attached hydrogens (tertiary/aromatic N) is 2. The molecule has 1 N–H and O–H groups in total. The van der Waals surface area contributed by atoms with E-state index < -0.39 is 22.6 Å². The molecule has 0 aliphatic carbocycles. The van der Waals surface area contributed by atoms with Crippen molar-refractivity contribution in [3.63, 3.8) is 0 Å². The van der Waals surface area contributed by atoms with E-state index in [0.717, 1.165) is 0 Å². The number of benzene rings is 1. The summed E-state index contributed by atoms with van der Waals surface area (Å²) in [6.07, 6.45) is 0. The second-order valence-electron chi connectivity index (χ2n) is 5.09. The minimum Gasteiger partial charge on any atom is -0.468 e. The molecule has 8 heteroatoms. The lowest BCUT2D eigenvalue weighted by Crippen LogP contribution is -2.23. The number of methoxy groups -OCH3 is 1. The number of nitrogens with one attached hydrogen (secondary N) is 1. The Kier molecular flexibility index (Phi) is 5.41. The number of rotatable bonds is 6. The monoisotopic (exact) mass is 333 g/mol. The van der Waals surface area contributed by atoms with Crippen LogP contribution < -0.4 is 5.32 Å². The Hall–Kier alpha value is -3.03. The second-order valence-corrected chi connectivity index (χ2v) is 5.09. The number of nitro groups is 1. The van der Waals surface area contributed by atoms with Crippen LogP contribution in [0.2, 0.25) is 0 Å². The summed E-state index contributed by atoms with van der Waals surface area (Å²) in [5.41, 5.74) is 0.939. The molecular formula is C16H16FN3O4. The number of halogens is 1. The van der Waals surface area contributed by atoms with Crippen LogP contribution >= 0.6 is 0 Å². The minimum absolute atomic E-state index is 0.0234. The summed E-state index contributed by atoms with van der Waals surface area (Å²) < 4.78 is 17.8. The fraction of sp³-hybridized carbons (Fsp3) is 0.250. The van der Waals surface area contributed by atoms with Crippen molar-refractivity contribution in [1.82, 2.24) is 4.98 Å². The fourth-order valence-electron chi connectivity index (χ4n) is 2.20. The molecule has 0 radical (unpaired) electrons. The van der Waals surface area contributed by atoms with Gasteiger partial charge in [-0.1, -0.05) is 12.1 Å². The Morgan fingerprint density at radius 2 is 2.00 bits per heavy atom. The first-order valence-corrected chi connectivity index (χ1v) is 7.11. The molecule has 0 saturated carbocycles. The Bertz CT molecular complexity index is 749. The predicted molar refractivity (Wildman–Crippen MR) is 85.3 cm³/mol. The minimum atomic E-state index is -0.752. The summed E-state index contributed by atoms with van der Waals surface area (Å²) in [7, 11) is 1.24. The lowest BCUT2D eigenvalue weighted by Gasteiger charge is -2.16. The van der Waals surface area contributed by atoms with Crippen LogP contribution in [0.5, 0.6) is 0 Å². The van der Waals surface area contributed by atoms with E-state index in [-0.39, 0.29) is 18.1 Å². The Balaban J connectivity index is 2.25. The van der Waals surface area contributed by atoms with Crippen LogP contribution in [0.15, 0.2) is 36.4 Å². The summed E-state index contributed by atoms with van der Waals surface area (Å²) in [4.78, 5) is 26.6. The molecule has 0 saturated heterocycles. The molecule has 1 heterocycles. The molecule has 0 fully saturated rings. The second kappa shape index (κ2) is 7.49. The largest absolute Gasteiger partial charge is 0.468 e. The molecule has 0 aliphatic heterocycles. The standard InChI is InChI=1S/C16H16FN3O4/c1-10-3-8-14(20(22)23)15(19-10)18-9-13(16(21)24-2)11-4-6-12(17)7-5-11/h3-8,13H,9H2,1-2H3,(H,18,19). The Morgan fingerprint density at radius 1 is 1.33 bits per heavy atom. The van der Waals surface area contributed by atoms with Crippen molar-refractivity contribution in [1.29, 1.82) is 0 Å². The molecule has 0 aliphatic rings. The molecule has 1 unspecified atom stereocenters. The summed E-state index contributed by atoms with van der Waals surface area (Å²) in [5.74, 6) is -1.65. The van der Waals surface area contributed by atoms with Gasteiger partial charge in [-0.2, -0.15) is 0 Å². The van der Waals surface area contributed by atoms with Crippen LogP contribution in [0, 0.1) is 22.9 Å². The summed E-state index contributed by atoms with van der Waals surface area (Å²) in [6.45, 7) is 1.72. The fourth-order valence-corrected chi connectivity index (χ4v) is 2.20. The van der Waals surface area contributed by atoms with Gasteiger partial charge in [0.25, 0.3) is 0 Å². The van der Waals surface area contributed by atoms with Gasteiger partial charge in [0.2, 0.25) is 5.82 Å². The molecule has 2 aromatic rings. The highest BCUT2D eigenvalue weighted by molar-refractivity contribution is 5.79. The summed E-state index contributed by atoms with van der Waals surface area (Å²) >= 11 is 0. The van der Waals surface area contributed by atoms with Gasteiger partial charge in [0.1, 0.15) is 5.82 Å². The zero-order valence-electron chi connectivity index (χ0n) is 13.2. The zero-order valence-corrected chi connectivity index (χ0v) is 13.2. The van der Waals surface area contributed by atoms with Gasteiger partial charge in [0.15, 0.2) is 0 Å². The van der Waals surface area contributed by atoms with Crippen LogP contribution in [0.3, 0.4) is 0 Å². The molecule has 1 aromatic carbocycles. The van der Waals surface area contributed by atoms with E-state index in [1.165, 1.54) is 43.5 Å². The van der Waals surface area contributed by atoms with Crippen LogP contribution in [0.4, 0.5) is 15.9 Å². The predicted octanol–water partition coefficient (Wildman–Crippen LogP) is 2.81. The average molecular weight is 333 g/mol. The quantitative estimate of drug-likeness (QED) is 0.496. The third-order valence-corrected chi connectivity index (χ3v) is 3.44. The average Bonchev–Trinajstić information content (AvgIpc) is 2.56. The van der Waals surface area contributed by atoms with Crippen LogP contribution in [0.25, 0.3) is 0 Å². The van der Waals surface area contributed by atoms with E-state index >= 15 is 0 Å². The van der Waals surface area contributed by atoms with Gasteiger partial charge in [-0.05, 0) is 30.7 Å². The highest BCUT2D eigenvalue weighted by atomic mass is 19.1. The smallest absolute Gasteiger partial charge is 0.314 e. The molecule has 0 bridgehead atoms. The molecule has 1 atom stereocenters. The molecule has 0 amide bonds. The first-order valence-electron chi connectivity index (χ1n) is 7.11. The molecule has 7 nitrogen and oxygen atoms in total. The number of hydrogen-bond donors (Lipinski definition) is 1. The van der Waals surface area contributed by atoms with E-state index in [4.69, 9.17) is 4.74 Å². The molecular weight excluding hydrogens is 317 g/mol. The lowest BCUT2D eigenvalue weighted by atomic mass is 9.99. The SMILES string of the molecule is COC(=O)C(CNc1nc(C)ccc1[N+](=O)[O-])c1ccc(F)cc1. The third-order valence-electron chi connectivity index (χ3n) is 3.44. The topological polar surface area (TPSA) is 94.4 Å². The van der Waals surface area contributed by atoms with Crippen molar-refractivity contribution in [2.45, 2.75) is 12.8 Å². The van der Waals surface area contributed by atoms with Gasteiger partial charge in [-0.25, -0.2) is 9.37 Å². The van der Waals surface area contributed by atoms with E-state index in [9.17, 15) is 19.3 Å². The van der Waals surface area contributed by atoms with Crippen molar-refractivity contribution in [2.75, 3.05) is 19.0 Å². The van der Waals surface area contributed by atoms with Gasteiger partial charge in [-0.15, -0.1) is 0 Å². The van der Waals surface area contributed by atoms with Gasteiger partial charge in [-0.3, -0.25) is 14.9 Å². The number of carbonyl (C=O) groups is 1. The zero-order chi connectivity index (χ0) is 17.7. The number of hydrogen-bond acceptors (Lipinski definition) is 6. The number of anilines is 1. The molecule has 2 rings (SSSR count). The van der Waals surface area contributed by atoms with E-state index in [1.54, 1.807) is 6.92 Å². The normalized spacial score (nSPS) is 11.6. The number of aryl methyl sites for hydroxylation is 1. The van der Waals surface area contributed by atoms with Crippen LogP contribution in [0.1, 0.15) is 17.2 Å². The van der Waals surface area contributed by atoms with Crippen molar-refractivity contribution in [3.8, 4) is 0 Å². The summed E-state index contributed by atoms with van der Waals surface area (Å²) in [6, 6.07) is 8.28. The van der Waals surface area contributed by atoms with Crippen LogP contribution in [-0.4, -0.2) is 29.5 Å². The van der Waals surface area contributed by atoms with Crippen molar-refractivity contribution in [3.05, 3.63) is 63.6 Å². The number of esters is 1. The molecule has 1 aromatic heterocycles. The van der Waals surface area contributed by atoms with E-state index in [0.29, 0.717) is 11.3 Å². The summed E-state index contributed by atoms with van der Waals surface area (Å²) in [5, 5.41) is 13.9. The van der Waals surface area contributed by atoms with E-state index in [2.05, 4.69) is 10.3 Å². The van der Waals surface area contributed by atoms with Gasteiger partial charge in [0, 0.05) is 18.3 Å². The Labute approximate surface area is 137 Å². The first-order chi connectivity index (χ1) is 11.4. The maximum Gasteiger partial charge on any atom is 0.314 e. The van der Waals surface area contributed by atoms with Gasteiger partial charge in [0.05, 0.1) is 18.0 Å². The molecule has 0 spiro atoms. The highest BCUT2D eigenvalue weighted by Gasteiger charge is 2.23. The number of ether oxygens (including phenoxy) is 1. The third kappa shape index (κ3) is 4.03. The maximum atomic E-state index is 13.1. The first kappa shape index (κ1) is 17.3. The highest BCUT2D eigenvalue weighted by Crippen LogP contribution is 2.24. The lowest BCUT2D eigenvalue weighted by molar-refractivity contribution is -0.384. The van der Waals surface area contributed by atoms with Gasteiger partial charge >= 0.3 is 11.7 Å². The number of aromatic nitrogens is 1. The van der Waals surface area contributed by atoms with Crippen molar-refractivity contribution >= 4 is 17.5 Å². The molecule has 24 heavy (non-hydrogen) atoms. The van der Waals surface area contributed by atoms with Crippen molar-refractivity contribution < 1.29 is 18.8 Å². The van der Waals surface area contributed by atoms with Gasteiger partial charge < -0.3 is 10.1 Å². The maximum absolute atomic E-state index is 13.1. The Morgan fingerprint density at radius 3 is 2.58 bits per heavy atom.